The Kier molecular flexibility index (Phi) is 3.21. The maximum absolute atomic E-state index is 10.6. The molecule has 3 heteroatoms. The van der Waals surface area contributed by atoms with E-state index in [9.17, 15) is 9.90 Å². The number of carboxylic acid groups (broad SMARTS) is 1. The molecular formula is C14H12O3. The molecule has 0 aliphatic heterocycles. The normalized spacial score (nSPS) is 12.1. The zero-order chi connectivity index (χ0) is 12.3. The van der Waals surface area contributed by atoms with Crippen LogP contribution >= 0.6 is 0 Å². The van der Waals surface area contributed by atoms with Crippen LogP contribution in [0.3, 0.4) is 0 Å². The minimum atomic E-state index is -1.46. The summed E-state index contributed by atoms with van der Waals surface area (Å²) in [5.74, 6) is -1.24. The molecule has 3 nitrogen and oxygen atoms in total. The molecule has 0 amide bonds. The highest BCUT2D eigenvalue weighted by atomic mass is 16.4. The van der Waals surface area contributed by atoms with Gasteiger partial charge in [-0.15, -0.1) is 0 Å². The van der Waals surface area contributed by atoms with Gasteiger partial charge in [-0.3, -0.25) is 0 Å². The maximum Gasteiger partial charge on any atom is 0.337 e. The summed E-state index contributed by atoms with van der Waals surface area (Å²) < 4.78 is 0. The molecule has 0 aliphatic rings. The summed E-state index contributed by atoms with van der Waals surface area (Å²) in [7, 11) is 0. The molecule has 0 saturated carbocycles. The van der Waals surface area contributed by atoms with Crippen LogP contribution in [0.25, 0.3) is 11.1 Å². The number of aliphatic carboxylic acids is 1. The fraction of sp³-hybridized carbons (Fsp3) is 0.0714. The van der Waals surface area contributed by atoms with Gasteiger partial charge in [0.1, 0.15) is 0 Å². The fourth-order valence-corrected chi connectivity index (χ4v) is 1.63. The Labute approximate surface area is 99.0 Å². The summed E-state index contributed by atoms with van der Waals surface area (Å²) in [6, 6.07) is 16.6. The van der Waals surface area contributed by atoms with E-state index in [4.69, 9.17) is 5.11 Å². The highest BCUT2D eigenvalue weighted by Gasteiger charge is 2.15. The van der Waals surface area contributed by atoms with E-state index in [1.165, 1.54) is 0 Å². The van der Waals surface area contributed by atoms with Gasteiger partial charge in [0, 0.05) is 0 Å². The van der Waals surface area contributed by atoms with E-state index in [1.54, 1.807) is 24.3 Å². The number of aliphatic hydroxyl groups excluding tert-OH is 1. The minimum Gasteiger partial charge on any atom is -0.479 e. The van der Waals surface area contributed by atoms with Gasteiger partial charge < -0.3 is 10.2 Å². The van der Waals surface area contributed by atoms with Crippen LogP contribution in [0.15, 0.2) is 54.6 Å². The summed E-state index contributed by atoms with van der Waals surface area (Å²) >= 11 is 0. The van der Waals surface area contributed by atoms with E-state index in [-0.39, 0.29) is 0 Å². The molecular weight excluding hydrogens is 216 g/mol. The number of benzene rings is 2. The van der Waals surface area contributed by atoms with Gasteiger partial charge in [0.2, 0.25) is 0 Å². The first-order chi connectivity index (χ1) is 8.18. The molecule has 2 aromatic carbocycles. The Morgan fingerprint density at radius 3 is 1.94 bits per heavy atom. The van der Waals surface area contributed by atoms with Crippen molar-refractivity contribution in [3.63, 3.8) is 0 Å². The lowest BCUT2D eigenvalue weighted by atomic mass is 10.0. The molecule has 2 aromatic rings. The zero-order valence-corrected chi connectivity index (χ0v) is 9.08. The lowest BCUT2D eigenvalue weighted by Crippen LogP contribution is -2.09. The van der Waals surface area contributed by atoms with E-state index in [1.807, 2.05) is 30.3 Å². The second-order valence-electron chi connectivity index (χ2n) is 3.73. The number of rotatable bonds is 3. The number of aliphatic hydroxyl groups is 1. The Balaban J connectivity index is 2.28. The van der Waals surface area contributed by atoms with E-state index in [2.05, 4.69) is 0 Å². The van der Waals surface area contributed by atoms with Crippen molar-refractivity contribution in [2.75, 3.05) is 0 Å². The molecule has 0 aromatic heterocycles. The highest BCUT2D eigenvalue weighted by Crippen LogP contribution is 2.21. The SMILES string of the molecule is O=C(O)[C@@H](O)c1ccc(-c2ccccc2)cc1. The largest absolute Gasteiger partial charge is 0.479 e. The minimum absolute atomic E-state index is 0.386. The topological polar surface area (TPSA) is 57.5 Å². The van der Waals surface area contributed by atoms with E-state index in [0.29, 0.717) is 5.56 Å². The van der Waals surface area contributed by atoms with Crippen molar-refractivity contribution in [2.24, 2.45) is 0 Å². The molecule has 1 atom stereocenters. The average molecular weight is 228 g/mol. The third-order valence-corrected chi connectivity index (χ3v) is 2.57. The lowest BCUT2D eigenvalue weighted by molar-refractivity contribution is -0.146. The Morgan fingerprint density at radius 2 is 1.41 bits per heavy atom. The molecule has 0 bridgehead atoms. The van der Waals surface area contributed by atoms with Crippen molar-refractivity contribution in [3.8, 4) is 11.1 Å². The molecule has 0 spiro atoms. The maximum atomic E-state index is 10.6. The summed E-state index contributed by atoms with van der Waals surface area (Å²) in [6.07, 6.45) is -1.46. The van der Waals surface area contributed by atoms with Crippen LogP contribution in [0.5, 0.6) is 0 Å². The van der Waals surface area contributed by atoms with E-state index >= 15 is 0 Å². The second kappa shape index (κ2) is 4.80. The Morgan fingerprint density at radius 1 is 0.882 bits per heavy atom. The zero-order valence-electron chi connectivity index (χ0n) is 9.08. The quantitative estimate of drug-likeness (QED) is 0.848. The van der Waals surface area contributed by atoms with Crippen LogP contribution in [-0.4, -0.2) is 16.2 Å². The molecule has 86 valence electrons. The summed E-state index contributed by atoms with van der Waals surface area (Å²) in [6.45, 7) is 0. The molecule has 0 radical (unpaired) electrons. The monoisotopic (exact) mass is 228 g/mol. The Hall–Kier alpha value is -2.13. The molecule has 2 N–H and O–H groups in total. The van der Waals surface area contributed by atoms with Gasteiger partial charge in [0.25, 0.3) is 0 Å². The molecule has 17 heavy (non-hydrogen) atoms. The van der Waals surface area contributed by atoms with Gasteiger partial charge in [-0.25, -0.2) is 4.79 Å². The number of hydrogen-bond donors (Lipinski definition) is 2. The molecule has 0 unspecified atom stereocenters. The third-order valence-electron chi connectivity index (χ3n) is 2.57. The standard InChI is InChI=1S/C14H12O3/c15-13(14(16)17)12-8-6-11(7-9-12)10-4-2-1-3-5-10/h1-9,13,15H,(H,16,17)/t13-/m0/s1. The smallest absolute Gasteiger partial charge is 0.337 e. The number of hydrogen-bond acceptors (Lipinski definition) is 2. The first kappa shape index (κ1) is 11.4. The predicted molar refractivity (Wildman–Crippen MR) is 64.5 cm³/mol. The molecule has 0 saturated heterocycles. The third kappa shape index (κ3) is 2.52. The van der Waals surface area contributed by atoms with Crippen molar-refractivity contribution in [1.82, 2.24) is 0 Å². The summed E-state index contributed by atoms with van der Waals surface area (Å²) in [5.41, 5.74) is 2.44. The highest BCUT2D eigenvalue weighted by molar-refractivity contribution is 5.74. The fourth-order valence-electron chi connectivity index (χ4n) is 1.63. The van der Waals surface area contributed by atoms with Crippen LogP contribution in [0.4, 0.5) is 0 Å². The number of carbonyl (C=O) groups is 1. The van der Waals surface area contributed by atoms with Crippen molar-refractivity contribution in [1.29, 1.82) is 0 Å². The van der Waals surface area contributed by atoms with Crippen LogP contribution in [-0.2, 0) is 4.79 Å². The van der Waals surface area contributed by atoms with Crippen LogP contribution in [0, 0.1) is 0 Å². The average Bonchev–Trinajstić information content (AvgIpc) is 2.39. The Bertz CT molecular complexity index is 503. The summed E-state index contributed by atoms with van der Waals surface area (Å²) in [5, 5.41) is 18.0. The van der Waals surface area contributed by atoms with Gasteiger partial charge in [-0.05, 0) is 16.7 Å². The summed E-state index contributed by atoms with van der Waals surface area (Å²) in [4.78, 5) is 10.6. The second-order valence-corrected chi connectivity index (χ2v) is 3.73. The van der Waals surface area contributed by atoms with Crippen molar-refractivity contribution >= 4 is 5.97 Å². The first-order valence-corrected chi connectivity index (χ1v) is 5.25. The van der Waals surface area contributed by atoms with Crippen LogP contribution in [0.1, 0.15) is 11.7 Å². The van der Waals surface area contributed by atoms with Gasteiger partial charge in [-0.2, -0.15) is 0 Å². The van der Waals surface area contributed by atoms with Gasteiger partial charge in [0.15, 0.2) is 6.10 Å². The predicted octanol–water partition coefficient (Wildman–Crippen LogP) is 2.47. The van der Waals surface area contributed by atoms with Crippen molar-refractivity contribution in [3.05, 3.63) is 60.2 Å². The molecule has 0 heterocycles. The van der Waals surface area contributed by atoms with Gasteiger partial charge >= 0.3 is 5.97 Å². The van der Waals surface area contributed by atoms with Crippen LogP contribution in [0.2, 0.25) is 0 Å². The van der Waals surface area contributed by atoms with Crippen molar-refractivity contribution in [2.45, 2.75) is 6.10 Å². The van der Waals surface area contributed by atoms with Crippen LogP contribution < -0.4 is 0 Å². The van der Waals surface area contributed by atoms with E-state index in [0.717, 1.165) is 11.1 Å². The molecule has 0 fully saturated rings. The van der Waals surface area contributed by atoms with E-state index < -0.39 is 12.1 Å². The van der Waals surface area contributed by atoms with Gasteiger partial charge in [-0.1, -0.05) is 54.6 Å². The number of carboxylic acids is 1. The van der Waals surface area contributed by atoms with Gasteiger partial charge in [0.05, 0.1) is 0 Å². The molecule has 0 aliphatic carbocycles. The lowest BCUT2D eigenvalue weighted by Gasteiger charge is -2.07. The molecule has 2 rings (SSSR count). The van der Waals surface area contributed by atoms with Crippen molar-refractivity contribution < 1.29 is 15.0 Å². The first-order valence-electron chi connectivity index (χ1n) is 5.25.